The summed E-state index contributed by atoms with van der Waals surface area (Å²) >= 11 is 0. The minimum atomic E-state index is -0.0331. The second kappa shape index (κ2) is 15.8. The molecule has 0 unspecified atom stereocenters. The monoisotopic (exact) mass is 1010 g/mol. The molecule has 0 saturated heterocycles. The topological polar surface area (TPSA) is 22.0 Å². The van der Waals surface area contributed by atoms with Gasteiger partial charge in [-0.1, -0.05) is 203 Å². The van der Waals surface area contributed by atoms with Gasteiger partial charge in [-0.3, -0.25) is 4.40 Å². The predicted octanol–water partition coefficient (Wildman–Crippen LogP) is 21.5. The number of benzene rings is 8. The highest BCUT2D eigenvalue weighted by atomic mass is 16.3. The van der Waals surface area contributed by atoms with Crippen molar-refractivity contribution in [3.05, 3.63) is 167 Å². The van der Waals surface area contributed by atoms with Gasteiger partial charge in [0, 0.05) is 43.1 Å². The highest BCUT2D eigenvalue weighted by Gasteiger charge is 2.30. The molecule has 8 aromatic carbocycles. The second-order valence-electron chi connectivity index (χ2n) is 29.3. The van der Waals surface area contributed by atoms with Gasteiger partial charge in [0.2, 0.25) is 5.71 Å². The number of rotatable bonds is 3. The molecule has 13 rings (SSSR count). The lowest BCUT2D eigenvalue weighted by atomic mass is 9.78. The van der Waals surface area contributed by atoms with Gasteiger partial charge < -0.3 is 8.82 Å². The lowest BCUT2D eigenvalue weighted by Crippen LogP contribution is -2.16. The van der Waals surface area contributed by atoms with E-state index in [-0.39, 0.29) is 32.5 Å². The van der Waals surface area contributed by atoms with E-state index in [1.807, 2.05) is 0 Å². The summed E-state index contributed by atoms with van der Waals surface area (Å²) in [6, 6.07) is 52.7. The molecule has 0 radical (unpaired) electrons. The number of fused-ring (bicyclic) bond motifs is 15. The maximum absolute atomic E-state index is 7.02. The maximum Gasteiger partial charge on any atom is 0.213 e. The molecule has 0 aliphatic carbocycles. The van der Waals surface area contributed by atoms with Crippen LogP contribution in [0.15, 0.2) is 138 Å². The molecule has 0 aliphatic rings. The molecule has 388 valence electrons. The molecule has 77 heavy (non-hydrogen) atoms. The molecule has 0 aliphatic heterocycles. The Labute approximate surface area is 455 Å². The standard InChI is InChI=1S/C74H76N2O/c1-69(2,3)47-27-42(28-48(38-47)70(4,5)6)41-23-24-59-54(33-41)55-34-45(43-29-49(71(7,8)9)39-50(30-43)72(10,11)12)36-57-64-60(75(59)66(55)57)25-26-61-65(64)58-37-46(44-31-51(73(13,14)15)40-52(32-44)74(16,17)18)35-56-63-53-21-19-20-22-62(53)77-68(63)76(61)67(56)58/h19-40H,1-18H3. The van der Waals surface area contributed by atoms with Crippen LogP contribution in [0, 0.1) is 0 Å². The Kier molecular flexibility index (Phi) is 10.1. The fourth-order valence-electron chi connectivity index (χ4n) is 12.6. The molecule has 0 fully saturated rings. The molecule has 5 heterocycles. The lowest BCUT2D eigenvalue weighted by Gasteiger charge is -2.26. The van der Waals surface area contributed by atoms with Gasteiger partial charge in [0.25, 0.3) is 0 Å². The zero-order chi connectivity index (χ0) is 54.6. The third kappa shape index (κ3) is 7.56. The largest absolute Gasteiger partial charge is 0.439 e. The minimum Gasteiger partial charge on any atom is -0.439 e. The molecule has 0 amide bonds. The van der Waals surface area contributed by atoms with Gasteiger partial charge in [-0.25, -0.2) is 0 Å². The Hall–Kier alpha value is -7.10. The first-order valence-corrected chi connectivity index (χ1v) is 28.2. The van der Waals surface area contributed by atoms with Crippen molar-refractivity contribution in [2.24, 2.45) is 0 Å². The van der Waals surface area contributed by atoms with E-state index in [0.29, 0.717) is 0 Å². The van der Waals surface area contributed by atoms with Gasteiger partial charge in [0.15, 0.2) is 0 Å². The van der Waals surface area contributed by atoms with Gasteiger partial charge in [0.1, 0.15) is 5.58 Å². The molecule has 0 saturated carbocycles. The van der Waals surface area contributed by atoms with Crippen LogP contribution in [-0.4, -0.2) is 8.80 Å². The smallest absolute Gasteiger partial charge is 0.213 e. The molecular formula is C74H76N2O. The highest BCUT2D eigenvalue weighted by molar-refractivity contribution is 6.37. The maximum atomic E-state index is 7.02. The van der Waals surface area contributed by atoms with Crippen LogP contribution in [0.1, 0.15) is 158 Å². The first-order chi connectivity index (χ1) is 35.9. The molecular weight excluding hydrogens is 933 g/mol. The Morgan fingerprint density at radius 3 is 1.05 bits per heavy atom. The third-order valence-electron chi connectivity index (χ3n) is 17.4. The van der Waals surface area contributed by atoms with Crippen molar-refractivity contribution in [2.45, 2.75) is 157 Å². The number of hydrogen-bond acceptors (Lipinski definition) is 1. The van der Waals surface area contributed by atoms with Crippen molar-refractivity contribution in [3.8, 4) is 33.4 Å². The summed E-state index contributed by atoms with van der Waals surface area (Å²) in [4.78, 5) is 0. The number of nitrogens with zero attached hydrogens (tertiary/aromatic N) is 2. The van der Waals surface area contributed by atoms with E-state index in [9.17, 15) is 0 Å². The van der Waals surface area contributed by atoms with Gasteiger partial charge in [0.05, 0.1) is 33.0 Å². The highest BCUT2D eigenvalue weighted by Crippen LogP contribution is 2.51. The summed E-state index contributed by atoms with van der Waals surface area (Å²) in [6.07, 6.45) is 0. The summed E-state index contributed by atoms with van der Waals surface area (Å²) in [5.41, 5.74) is 23.5. The van der Waals surface area contributed by atoms with E-state index in [1.54, 1.807) is 0 Å². The van der Waals surface area contributed by atoms with E-state index in [2.05, 4.69) is 267 Å². The quantitative estimate of drug-likeness (QED) is 0.173. The third-order valence-corrected chi connectivity index (χ3v) is 17.4. The summed E-state index contributed by atoms with van der Waals surface area (Å²) in [7, 11) is 0. The normalized spacial score (nSPS) is 13.8. The van der Waals surface area contributed by atoms with Crippen molar-refractivity contribution in [1.29, 1.82) is 0 Å². The van der Waals surface area contributed by atoms with Gasteiger partial charge >= 0.3 is 0 Å². The van der Waals surface area contributed by atoms with Crippen LogP contribution in [-0.2, 0) is 32.5 Å². The van der Waals surface area contributed by atoms with Crippen molar-refractivity contribution in [1.82, 2.24) is 8.80 Å². The molecule has 3 nitrogen and oxygen atoms in total. The van der Waals surface area contributed by atoms with E-state index < -0.39 is 0 Å². The lowest BCUT2D eigenvalue weighted by molar-refractivity contribution is 0.568. The number of furan rings is 1. The zero-order valence-corrected chi connectivity index (χ0v) is 49.0. The Morgan fingerprint density at radius 1 is 0.273 bits per heavy atom. The van der Waals surface area contributed by atoms with Crippen LogP contribution in [0.3, 0.4) is 0 Å². The molecule has 0 spiro atoms. The second-order valence-corrected chi connectivity index (χ2v) is 29.3. The van der Waals surface area contributed by atoms with E-state index in [0.717, 1.165) is 16.7 Å². The van der Waals surface area contributed by atoms with Crippen molar-refractivity contribution >= 4 is 87.4 Å². The average molecular weight is 1010 g/mol. The first-order valence-electron chi connectivity index (χ1n) is 28.2. The van der Waals surface area contributed by atoms with E-state index in [1.165, 1.54) is 137 Å². The number of para-hydroxylation sites is 1. The van der Waals surface area contributed by atoms with Crippen LogP contribution < -0.4 is 0 Å². The Morgan fingerprint density at radius 2 is 0.610 bits per heavy atom. The van der Waals surface area contributed by atoms with Crippen LogP contribution in [0.25, 0.3) is 121 Å². The summed E-state index contributed by atoms with van der Waals surface area (Å²) < 4.78 is 12.1. The Balaban J connectivity index is 1.19. The number of hydrogen-bond donors (Lipinski definition) is 0. The summed E-state index contributed by atoms with van der Waals surface area (Å²) in [5, 5.41) is 11.2. The van der Waals surface area contributed by atoms with Gasteiger partial charge in [-0.15, -0.1) is 0 Å². The molecule has 13 aromatic rings. The molecule has 0 bridgehead atoms. The van der Waals surface area contributed by atoms with E-state index in [4.69, 9.17) is 4.42 Å². The van der Waals surface area contributed by atoms with Gasteiger partial charge in [-0.05, 0) is 154 Å². The minimum absolute atomic E-state index is 0.00620. The van der Waals surface area contributed by atoms with Crippen molar-refractivity contribution < 1.29 is 4.42 Å². The van der Waals surface area contributed by atoms with E-state index >= 15 is 0 Å². The Bertz CT molecular complexity index is 4500. The SMILES string of the molecule is CC(C)(C)c1cc(-c2ccc3c(c2)c2cc(-c4cc(C(C)(C)C)cc(C(C)(C)C)c4)cc4c5c6c7cc(-c8cc(C(C)(C)C)cc(C(C)(C)C)c8)cc8c9c%10ccccc%10oc9n(c6ccc5n3c24)c78)cc(C(C)(C)C)c1. The molecule has 5 aromatic heterocycles. The summed E-state index contributed by atoms with van der Waals surface area (Å²) in [5.74, 6) is 0. The number of aromatic nitrogens is 2. The fraction of sp³-hybridized carbons (Fsp3) is 0.324. The summed E-state index contributed by atoms with van der Waals surface area (Å²) in [6.45, 7) is 42.2. The fourth-order valence-corrected chi connectivity index (χ4v) is 12.6. The van der Waals surface area contributed by atoms with Crippen LogP contribution in [0.4, 0.5) is 0 Å². The molecule has 0 N–H and O–H groups in total. The predicted molar refractivity (Wildman–Crippen MR) is 334 cm³/mol. The van der Waals surface area contributed by atoms with Crippen LogP contribution in [0.5, 0.6) is 0 Å². The van der Waals surface area contributed by atoms with Gasteiger partial charge in [-0.2, -0.15) is 0 Å². The van der Waals surface area contributed by atoms with Crippen LogP contribution >= 0.6 is 0 Å². The first kappa shape index (κ1) is 49.5. The zero-order valence-electron chi connectivity index (χ0n) is 49.0. The van der Waals surface area contributed by atoms with Crippen molar-refractivity contribution in [2.75, 3.05) is 0 Å². The average Bonchev–Trinajstić information content (AvgIpc) is 4.34. The molecule has 0 atom stereocenters. The molecule has 3 heteroatoms. The van der Waals surface area contributed by atoms with Crippen molar-refractivity contribution in [3.63, 3.8) is 0 Å². The van der Waals surface area contributed by atoms with Crippen LogP contribution in [0.2, 0.25) is 0 Å².